The molecule has 1 aromatic carbocycles. The van der Waals surface area contributed by atoms with Crippen LogP contribution in [0.3, 0.4) is 0 Å². The van der Waals surface area contributed by atoms with E-state index in [1.807, 2.05) is 24.3 Å². The summed E-state index contributed by atoms with van der Waals surface area (Å²) >= 11 is 1.50. The first-order chi connectivity index (χ1) is 14.6. The molecule has 2 aliphatic rings. The minimum absolute atomic E-state index is 0.227. The molecule has 7 nitrogen and oxygen atoms in total. The lowest BCUT2D eigenvalue weighted by molar-refractivity contribution is 0.121. The summed E-state index contributed by atoms with van der Waals surface area (Å²) in [6, 6.07) is 13.1. The Kier molecular flexibility index (Phi) is 5.26. The lowest BCUT2D eigenvalue weighted by Gasteiger charge is -2.39. The molecule has 2 fully saturated rings. The summed E-state index contributed by atoms with van der Waals surface area (Å²) in [4.78, 5) is 22.5. The van der Waals surface area contributed by atoms with E-state index in [0.717, 1.165) is 41.9 Å². The number of amides is 2. The van der Waals surface area contributed by atoms with Crippen molar-refractivity contribution in [2.75, 3.05) is 6.54 Å². The summed E-state index contributed by atoms with van der Waals surface area (Å²) < 4.78 is 6.93. The number of thiazole rings is 1. The number of piperidine rings is 1. The third kappa shape index (κ3) is 4.11. The number of hydrogen-bond donors (Lipinski definition) is 2. The number of pyridine rings is 1. The molecule has 30 heavy (non-hydrogen) atoms. The zero-order valence-electron chi connectivity index (χ0n) is 16.7. The molecule has 0 unspecified atom stereocenters. The number of primary amides is 1. The van der Waals surface area contributed by atoms with Gasteiger partial charge in [-0.2, -0.15) is 4.98 Å². The Morgan fingerprint density at radius 1 is 1.20 bits per heavy atom. The fraction of sp³-hybridized carbons (Fsp3) is 0.409. The minimum Gasteiger partial charge on any atom is -0.431 e. The van der Waals surface area contributed by atoms with Crippen LogP contribution in [0.15, 0.2) is 42.6 Å². The molecule has 5 rings (SSSR count). The number of ether oxygens (including phenoxy) is 1. The van der Waals surface area contributed by atoms with Gasteiger partial charge in [-0.25, -0.2) is 9.78 Å². The number of benzene rings is 1. The fourth-order valence-corrected chi connectivity index (χ4v) is 5.63. The van der Waals surface area contributed by atoms with Crippen molar-refractivity contribution in [2.24, 2.45) is 5.73 Å². The molecule has 0 spiro atoms. The number of aromatic nitrogens is 2. The van der Waals surface area contributed by atoms with Gasteiger partial charge in [0.1, 0.15) is 5.75 Å². The molecule has 0 radical (unpaired) electrons. The average Bonchev–Trinajstić information content (AvgIpc) is 3.24. The second-order valence-electron chi connectivity index (χ2n) is 8.10. The maximum absolute atomic E-state index is 11.2. The molecule has 2 aromatic heterocycles. The molecule has 0 aliphatic carbocycles. The van der Waals surface area contributed by atoms with E-state index in [0.29, 0.717) is 17.3 Å². The highest BCUT2D eigenvalue weighted by molar-refractivity contribution is 7.20. The number of carbonyl (C=O) groups excluding carboxylic acids is 1. The van der Waals surface area contributed by atoms with Crippen LogP contribution in [0.25, 0.3) is 10.3 Å². The number of rotatable bonds is 6. The van der Waals surface area contributed by atoms with E-state index in [4.69, 9.17) is 10.5 Å². The van der Waals surface area contributed by atoms with Gasteiger partial charge < -0.3 is 15.8 Å². The number of urea groups is 1. The minimum atomic E-state index is -0.405. The number of nitrogens with zero attached hydrogens (tertiary/aromatic N) is 3. The quantitative estimate of drug-likeness (QED) is 0.631. The Labute approximate surface area is 179 Å². The van der Waals surface area contributed by atoms with Crippen LogP contribution in [0.5, 0.6) is 10.9 Å². The Bertz CT molecular complexity index is 990. The summed E-state index contributed by atoms with van der Waals surface area (Å²) in [6.45, 7) is 1.04. The lowest BCUT2D eigenvalue weighted by atomic mass is 9.96. The molecule has 2 saturated heterocycles. The van der Waals surface area contributed by atoms with Gasteiger partial charge in [0, 0.05) is 30.9 Å². The predicted octanol–water partition coefficient (Wildman–Crippen LogP) is 3.69. The first-order valence-corrected chi connectivity index (χ1v) is 11.3. The highest BCUT2D eigenvalue weighted by atomic mass is 32.1. The third-order valence-corrected chi connectivity index (χ3v) is 7.05. The van der Waals surface area contributed by atoms with Crippen molar-refractivity contribution < 1.29 is 9.53 Å². The normalized spacial score (nSPS) is 23.5. The van der Waals surface area contributed by atoms with Crippen molar-refractivity contribution in [3.63, 3.8) is 0 Å². The Morgan fingerprint density at radius 3 is 2.67 bits per heavy atom. The summed E-state index contributed by atoms with van der Waals surface area (Å²) in [5, 5.41) is 3.51. The maximum Gasteiger partial charge on any atom is 0.312 e. The van der Waals surface area contributed by atoms with E-state index in [9.17, 15) is 4.79 Å². The van der Waals surface area contributed by atoms with E-state index >= 15 is 0 Å². The van der Waals surface area contributed by atoms with Crippen LogP contribution >= 0.6 is 11.3 Å². The van der Waals surface area contributed by atoms with Crippen molar-refractivity contribution in [3.05, 3.63) is 48.2 Å². The van der Waals surface area contributed by atoms with Gasteiger partial charge in [0.25, 0.3) is 5.19 Å². The van der Waals surface area contributed by atoms with Gasteiger partial charge >= 0.3 is 6.03 Å². The molecule has 2 aliphatic heterocycles. The monoisotopic (exact) mass is 423 g/mol. The second kappa shape index (κ2) is 8.20. The van der Waals surface area contributed by atoms with Gasteiger partial charge in [-0.3, -0.25) is 4.90 Å². The van der Waals surface area contributed by atoms with Crippen molar-refractivity contribution in [1.82, 2.24) is 20.2 Å². The van der Waals surface area contributed by atoms with Crippen LogP contribution in [-0.2, 0) is 6.42 Å². The molecule has 3 N–H and O–H groups in total. The molecule has 156 valence electrons. The molecule has 3 aromatic rings. The van der Waals surface area contributed by atoms with E-state index in [-0.39, 0.29) is 6.04 Å². The predicted molar refractivity (Wildman–Crippen MR) is 117 cm³/mol. The van der Waals surface area contributed by atoms with Gasteiger partial charge in [-0.15, -0.1) is 0 Å². The Hall–Kier alpha value is -2.71. The van der Waals surface area contributed by atoms with E-state index < -0.39 is 6.03 Å². The number of fused-ring (bicyclic) bond motifs is 3. The molecule has 3 atom stereocenters. The summed E-state index contributed by atoms with van der Waals surface area (Å²) in [5.41, 5.74) is 7.32. The molecule has 2 amide bonds. The van der Waals surface area contributed by atoms with Gasteiger partial charge in [0.15, 0.2) is 5.65 Å². The van der Waals surface area contributed by atoms with Gasteiger partial charge in [-0.1, -0.05) is 23.5 Å². The smallest absolute Gasteiger partial charge is 0.312 e. The van der Waals surface area contributed by atoms with Crippen LogP contribution in [0.2, 0.25) is 0 Å². The standard InChI is InChI=1S/C22H25N5O2S/c23-21(28)25-15-12-16-5-6-17(13-15)27(16)11-9-14-3-7-18(8-4-14)29-22-26-20-19(30-22)2-1-10-24-20/h1-4,7-8,10,15-17H,5-6,9,11-13H2,(H3,23,25,28)/t15-,16+,17-. The summed E-state index contributed by atoms with van der Waals surface area (Å²) in [5.74, 6) is 0.788. The number of nitrogens with two attached hydrogens (primary N) is 1. The largest absolute Gasteiger partial charge is 0.431 e. The van der Waals surface area contributed by atoms with E-state index in [1.54, 1.807) is 6.20 Å². The third-order valence-electron chi connectivity index (χ3n) is 6.16. The Balaban J connectivity index is 1.16. The van der Waals surface area contributed by atoms with Gasteiger partial charge in [-0.05, 0) is 61.9 Å². The number of carbonyl (C=O) groups is 1. The molecule has 0 saturated carbocycles. The highest BCUT2D eigenvalue weighted by Gasteiger charge is 2.40. The molecule has 8 heteroatoms. The van der Waals surface area contributed by atoms with E-state index in [1.165, 1.54) is 29.7 Å². The molecule has 4 heterocycles. The lowest BCUT2D eigenvalue weighted by Crippen LogP contribution is -2.51. The van der Waals surface area contributed by atoms with Crippen LogP contribution in [0.4, 0.5) is 4.79 Å². The first kappa shape index (κ1) is 19.3. The number of nitrogens with one attached hydrogen (secondary N) is 1. The summed E-state index contributed by atoms with van der Waals surface area (Å²) in [6.07, 6.45) is 7.18. The molecular formula is C22H25N5O2S. The number of hydrogen-bond acceptors (Lipinski definition) is 6. The van der Waals surface area contributed by atoms with Crippen molar-refractivity contribution in [3.8, 4) is 10.9 Å². The SMILES string of the molecule is NC(=O)N[C@H]1C[C@H]2CC[C@@H](C1)N2CCc1ccc(Oc2nc3ncccc3s2)cc1. The van der Waals surface area contributed by atoms with Crippen molar-refractivity contribution >= 4 is 27.7 Å². The van der Waals surface area contributed by atoms with Gasteiger partial charge in [0.05, 0.1) is 4.70 Å². The van der Waals surface area contributed by atoms with Crippen LogP contribution in [0.1, 0.15) is 31.2 Å². The Morgan fingerprint density at radius 2 is 1.97 bits per heavy atom. The molecule has 2 bridgehead atoms. The van der Waals surface area contributed by atoms with E-state index in [2.05, 4.69) is 32.3 Å². The molecular weight excluding hydrogens is 398 g/mol. The summed E-state index contributed by atoms with van der Waals surface area (Å²) in [7, 11) is 0. The van der Waals surface area contributed by atoms with Crippen LogP contribution in [0, 0.1) is 0 Å². The first-order valence-electron chi connectivity index (χ1n) is 10.4. The zero-order valence-corrected chi connectivity index (χ0v) is 17.5. The second-order valence-corrected chi connectivity index (χ2v) is 9.09. The van der Waals surface area contributed by atoms with Crippen LogP contribution in [-0.4, -0.2) is 45.6 Å². The van der Waals surface area contributed by atoms with Gasteiger partial charge in [0.2, 0.25) is 0 Å². The topological polar surface area (TPSA) is 93.4 Å². The van der Waals surface area contributed by atoms with Crippen molar-refractivity contribution in [1.29, 1.82) is 0 Å². The fourth-order valence-electron chi connectivity index (χ4n) is 4.83. The highest BCUT2D eigenvalue weighted by Crippen LogP contribution is 2.36. The van der Waals surface area contributed by atoms with Crippen LogP contribution < -0.4 is 15.8 Å². The maximum atomic E-state index is 11.2. The average molecular weight is 424 g/mol. The zero-order chi connectivity index (χ0) is 20.5. The van der Waals surface area contributed by atoms with Crippen molar-refractivity contribution in [2.45, 2.75) is 50.2 Å².